The number of carbonyl (C=O) groups is 2. The van der Waals surface area contributed by atoms with Crippen molar-refractivity contribution in [2.45, 2.75) is 30.5 Å². The molecular weight excluding hydrogens is 274 g/mol. The summed E-state index contributed by atoms with van der Waals surface area (Å²) in [5.41, 5.74) is 0. The Morgan fingerprint density at radius 1 is 1.20 bits per heavy atom. The van der Waals surface area contributed by atoms with E-state index >= 15 is 0 Å². The van der Waals surface area contributed by atoms with E-state index in [4.69, 9.17) is 14.6 Å². The van der Waals surface area contributed by atoms with E-state index in [9.17, 15) is 24.9 Å². The van der Waals surface area contributed by atoms with Crippen molar-refractivity contribution >= 4 is 11.9 Å². The van der Waals surface area contributed by atoms with Crippen molar-refractivity contribution in [2.24, 2.45) is 0 Å². The molecule has 114 valence electrons. The Kier molecular flexibility index (Phi) is 4.25. The van der Waals surface area contributed by atoms with Gasteiger partial charge in [0.25, 0.3) is 11.7 Å². The molecule has 0 spiro atoms. The predicted molar refractivity (Wildman–Crippen MR) is 61.5 cm³/mol. The van der Waals surface area contributed by atoms with Crippen molar-refractivity contribution in [3.63, 3.8) is 0 Å². The second-order valence-electron chi connectivity index (χ2n) is 4.83. The summed E-state index contributed by atoms with van der Waals surface area (Å²) in [7, 11) is 0. The highest BCUT2D eigenvalue weighted by Crippen LogP contribution is 2.29. The minimum Gasteiger partial charge on any atom is -0.477 e. The number of rotatable bonds is 2. The van der Waals surface area contributed by atoms with Crippen molar-refractivity contribution in [2.75, 3.05) is 26.3 Å². The fourth-order valence-corrected chi connectivity index (χ4v) is 2.23. The van der Waals surface area contributed by atoms with E-state index in [2.05, 4.69) is 0 Å². The summed E-state index contributed by atoms with van der Waals surface area (Å²) < 4.78 is 9.92. The summed E-state index contributed by atoms with van der Waals surface area (Å²) in [4.78, 5) is 24.5. The van der Waals surface area contributed by atoms with Crippen LogP contribution in [0.3, 0.4) is 0 Å². The molecule has 0 saturated carbocycles. The first-order chi connectivity index (χ1) is 9.35. The molecular formula is C11H17NO8. The SMILES string of the molecule is O=C([C@@H]1OC(O)(C(=O)O)CC(O)[C@H]1O)N1CCOCC1. The third-order valence-electron chi connectivity index (χ3n) is 3.41. The summed E-state index contributed by atoms with van der Waals surface area (Å²) in [5.74, 6) is -5.09. The van der Waals surface area contributed by atoms with Crippen LogP contribution in [0.4, 0.5) is 0 Å². The summed E-state index contributed by atoms with van der Waals surface area (Å²) in [6, 6.07) is 0. The number of aliphatic hydroxyl groups excluding tert-OH is 2. The number of carbonyl (C=O) groups excluding carboxylic acids is 1. The average molecular weight is 291 g/mol. The van der Waals surface area contributed by atoms with Crippen LogP contribution in [0.5, 0.6) is 0 Å². The van der Waals surface area contributed by atoms with Gasteiger partial charge in [-0.25, -0.2) is 4.79 Å². The van der Waals surface area contributed by atoms with Crippen LogP contribution >= 0.6 is 0 Å². The first kappa shape index (κ1) is 15.1. The monoisotopic (exact) mass is 291 g/mol. The van der Waals surface area contributed by atoms with Gasteiger partial charge in [-0.2, -0.15) is 0 Å². The largest absolute Gasteiger partial charge is 0.477 e. The number of amides is 1. The zero-order valence-electron chi connectivity index (χ0n) is 10.6. The second-order valence-corrected chi connectivity index (χ2v) is 4.83. The molecule has 0 aliphatic carbocycles. The fourth-order valence-electron chi connectivity index (χ4n) is 2.23. The number of aliphatic carboxylic acids is 1. The van der Waals surface area contributed by atoms with Gasteiger partial charge < -0.3 is 34.8 Å². The molecule has 9 heteroatoms. The van der Waals surface area contributed by atoms with Gasteiger partial charge in [-0.15, -0.1) is 0 Å². The van der Waals surface area contributed by atoms with Gasteiger partial charge in [0.05, 0.1) is 19.3 Å². The van der Waals surface area contributed by atoms with Gasteiger partial charge in [0.15, 0.2) is 6.10 Å². The molecule has 4 N–H and O–H groups in total. The zero-order valence-corrected chi connectivity index (χ0v) is 10.6. The molecule has 0 aromatic heterocycles. The quantitative estimate of drug-likeness (QED) is 0.426. The van der Waals surface area contributed by atoms with Gasteiger partial charge in [0.1, 0.15) is 6.10 Å². The lowest BCUT2D eigenvalue weighted by molar-refractivity contribution is -0.290. The molecule has 20 heavy (non-hydrogen) atoms. The number of ether oxygens (including phenoxy) is 2. The number of hydrogen-bond donors (Lipinski definition) is 4. The van der Waals surface area contributed by atoms with Crippen LogP contribution in [0, 0.1) is 0 Å². The Morgan fingerprint density at radius 2 is 1.80 bits per heavy atom. The van der Waals surface area contributed by atoms with Gasteiger partial charge in [-0.1, -0.05) is 0 Å². The molecule has 4 atom stereocenters. The van der Waals surface area contributed by atoms with Gasteiger partial charge in [-0.05, 0) is 0 Å². The van der Waals surface area contributed by atoms with E-state index in [1.54, 1.807) is 0 Å². The molecule has 2 heterocycles. The van der Waals surface area contributed by atoms with Crippen molar-refractivity contribution in [1.29, 1.82) is 0 Å². The number of aliphatic hydroxyl groups is 3. The molecule has 0 bridgehead atoms. The lowest BCUT2D eigenvalue weighted by Crippen LogP contribution is -2.63. The molecule has 2 saturated heterocycles. The van der Waals surface area contributed by atoms with Crippen molar-refractivity contribution in [3.05, 3.63) is 0 Å². The minimum absolute atomic E-state index is 0.271. The number of hydrogen-bond acceptors (Lipinski definition) is 7. The predicted octanol–water partition coefficient (Wildman–Crippen LogP) is -2.87. The molecule has 9 nitrogen and oxygen atoms in total. The molecule has 2 aliphatic rings. The summed E-state index contributed by atoms with van der Waals surface area (Å²) >= 11 is 0. The van der Waals surface area contributed by atoms with Crippen LogP contribution in [0.25, 0.3) is 0 Å². The summed E-state index contributed by atoms with van der Waals surface area (Å²) in [5, 5.41) is 38.1. The molecule has 2 unspecified atom stereocenters. The third-order valence-corrected chi connectivity index (χ3v) is 3.41. The fraction of sp³-hybridized carbons (Fsp3) is 0.818. The van der Waals surface area contributed by atoms with Crippen LogP contribution in [0.15, 0.2) is 0 Å². The molecule has 2 aliphatic heterocycles. The highest BCUT2D eigenvalue weighted by molar-refractivity contribution is 5.83. The third kappa shape index (κ3) is 2.76. The van der Waals surface area contributed by atoms with Crippen LogP contribution in [0.2, 0.25) is 0 Å². The minimum atomic E-state index is -2.69. The first-order valence-electron chi connectivity index (χ1n) is 6.21. The number of carboxylic acids is 1. The Hall–Kier alpha value is -1.26. The number of nitrogens with zero attached hydrogens (tertiary/aromatic N) is 1. The maximum Gasteiger partial charge on any atom is 0.364 e. The van der Waals surface area contributed by atoms with E-state index in [1.165, 1.54) is 4.90 Å². The van der Waals surface area contributed by atoms with E-state index in [0.717, 1.165) is 0 Å². The molecule has 0 aromatic rings. The van der Waals surface area contributed by atoms with E-state index in [0.29, 0.717) is 13.2 Å². The van der Waals surface area contributed by atoms with Crippen LogP contribution in [-0.2, 0) is 19.1 Å². The van der Waals surface area contributed by atoms with Crippen LogP contribution in [0.1, 0.15) is 6.42 Å². The van der Waals surface area contributed by atoms with E-state index in [-0.39, 0.29) is 13.1 Å². The normalized spacial score (nSPS) is 38.5. The topological polar surface area (TPSA) is 137 Å². The van der Waals surface area contributed by atoms with E-state index in [1.807, 2.05) is 0 Å². The number of morpholine rings is 1. The molecule has 0 aromatic carbocycles. The lowest BCUT2D eigenvalue weighted by atomic mass is 9.94. The second kappa shape index (κ2) is 5.62. The van der Waals surface area contributed by atoms with Crippen molar-refractivity contribution in [3.8, 4) is 0 Å². The Morgan fingerprint density at radius 3 is 2.35 bits per heavy atom. The average Bonchev–Trinajstić information content (AvgIpc) is 2.43. The lowest BCUT2D eigenvalue weighted by Gasteiger charge is -2.41. The van der Waals surface area contributed by atoms with Crippen LogP contribution < -0.4 is 0 Å². The highest BCUT2D eigenvalue weighted by atomic mass is 16.7. The Labute approximate surface area is 114 Å². The maximum atomic E-state index is 12.2. The molecule has 2 fully saturated rings. The molecule has 2 rings (SSSR count). The zero-order chi connectivity index (χ0) is 14.9. The van der Waals surface area contributed by atoms with Gasteiger partial charge in [-0.3, -0.25) is 4.79 Å². The van der Waals surface area contributed by atoms with Crippen molar-refractivity contribution < 1.29 is 39.5 Å². The van der Waals surface area contributed by atoms with Gasteiger partial charge >= 0.3 is 5.97 Å². The maximum absolute atomic E-state index is 12.2. The standard InChI is InChI=1S/C11H17NO8/c13-6-5-11(18,10(16)17)20-8(7(6)14)9(15)12-1-3-19-4-2-12/h6-8,13-14,18H,1-5H2,(H,16,17)/t6?,7-,8-,11?/m1/s1. The first-order valence-corrected chi connectivity index (χ1v) is 6.21. The Bertz CT molecular complexity index is 396. The van der Waals surface area contributed by atoms with Gasteiger partial charge in [0.2, 0.25) is 0 Å². The van der Waals surface area contributed by atoms with Crippen LogP contribution in [-0.4, -0.2) is 87.6 Å². The molecule has 0 radical (unpaired) electrons. The molecule has 1 amide bonds. The Balaban J connectivity index is 2.15. The summed E-state index contributed by atoms with van der Waals surface area (Å²) in [6.07, 6.45) is -5.50. The highest BCUT2D eigenvalue weighted by Gasteiger charge is 2.53. The summed E-state index contributed by atoms with van der Waals surface area (Å²) in [6.45, 7) is 1.18. The van der Waals surface area contributed by atoms with Gasteiger partial charge in [0, 0.05) is 19.5 Å². The number of carboxylic acid groups (broad SMARTS) is 1. The van der Waals surface area contributed by atoms with Crippen molar-refractivity contribution in [1.82, 2.24) is 4.90 Å². The smallest absolute Gasteiger partial charge is 0.364 e. The van der Waals surface area contributed by atoms with E-state index < -0.39 is 42.4 Å².